The summed E-state index contributed by atoms with van der Waals surface area (Å²) in [5.74, 6) is -0.625. The molecule has 0 spiro atoms. The molecule has 1 atom stereocenters. The highest BCUT2D eigenvalue weighted by molar-refractivity contribution is 7.90. The minimum atomic E-state index is -3.53. The number of nitrogens with one attached hydrogen (secondary N) is 2. The monoisotopic (exact) mass is 443 g/mol. The van der Waals surface area contributed by atoms with Gasteiger partial charge in [-0.1, -0.05) is 36.4 Å². The fourth-order valence-corrected chi connectivity index (χ4v) is 4.54. The van der Waals surface area contributed by atoms with Crippen LogP contribution in [-0.4, -0.2) is 31.5 Å². The zero-order valence-corrected chi connectivity index (χ0v) is 18.3. The Bertz CT molecular complexity index is 1180. The number of aromatic nitrogens is 1. The molecule has 1 aromatic heterocycles. The summed E-state index contributed by atoms with van der Waals surface area (Å²) in [6.07, 6.45) is 1.07. The minimum Gasteiger partial charge on any atom is -0.350 e. The summed E-state index contributed by atoms with van der Waals surface area (Å²) in [5, 5.41) is 7.68. The largest absolute Gasteiger partial charge is 0.350 e. The van der Waals surface area contributed by atoms with E-state index in [0.29, 0.717) is 10.8 Å². The van der Waals surface area contributed by atoms with Crippen molar-refractivity contribution in [1.82, 2.24) is 10.3 Å². The molecule has 9 heteroatoms. The Balaban J connectivity index is 1.76. The minimum absolute atomic E-state index is 0.0249. The summed E-state index contributed by atoms with van der Waals surface area (Å²) in [5.41, 5.74) is 2.59. The fraction of sp³-hybridized carbons (Fsp3) is 0.190. The van der Waals surface area contributed by atoms with E-state index in [-0.39, 0.29) is 22.4 Å². The van der Waals surface area contributed by atoms with Crippen molar-refractivity contribution >= 4 is 38.1 Å². The van der Waals surface area contributed by atoms with E-state index in [2.05, 4.69) is 15.6 Å². The molecule has 0 radical (unpaired) electrons. The maximum absolute atomic E-state index is 12.6. The second-order valence-electron chi connectivity index (χ2n) is 6.80. The zero-order valence-electron chi connectivity index (χ0n) is 16.7. The van der Waals surface area contributed by atoms with Crippen LogP contribution in [0.1, 0.15) is 35.8 Å². The molecule has 0 aliphatic carbocycles. The van der Waals surface area contributed by atoms with Gasteiger partial charge in [0.2, 0.25) is 5.91 Å². The first kappa shape index (κ1) is 21.7. The lowest BCUT2D eigenvalue weighted by Gasteiger charge is -2.13. The van der Waals surface area contributed by atoms with E-state index in [1.807, 2.05) is 36.6 Å². The molecule has 30 heavy (non-hydrogen) atoms. The van der Waals surface area contributed by atoms with Gasteiger partial charge in [0.05, 0.1) is 22.2 Å². The van der Waals surface area contributed by atoms with Crippen LogP contribution in [0.4, 0.5) is 5.13 Å². The third kappa shape index (κ3) is 5.11. The predicted octanol–water partition coefficient (Wildman–Crippen LogP) is 3.66. The number of hydrogen-bond donors (Lipinski definition) is 2. The number of hydrogen-bond acceptors (Lipinski definition) is 6. The normalized spacial score (nSPS) is 12.2. The van der Waals surface area contributed by atoms with Crippen molar-refractivity contribution in [2.75, 3.05) is 11.6 Å². The van der Waals surface area contributed by atoms with Crippen molar-refractivity contribution in [3.8, 4) is 11.3 Å². The number of carbonyl (C=O) groups excluding carboxylic acids is 2. The Hall–Kier alpha value is -3.04. The van der Waals surface area contributed by atoms with Gasteiger partial charge in [-0.3, -0.25) is 14.9 Å². The van der Waals surface area contributed by atoms with Crippen LogP contribution in [0.3, 0.4) is 0 Å². The average Bonchev–Trinajstić information content (AvgIpc) is 3.15. The SMILES string of the molecule is CC(=O)NC(C)c1ccc(-c2csc(NC(=O)c3ccccc3S(C)(=O)=O)n2)cc1. The van der Waals surface area contributed by atoms with Crippen molar-refractivity contribution in [2.45, 2.75) is 24.8 Å². The Morgan fingerprint density at radius 3 is 2.37 bits per heavy atom. The van der Waals surface area contributed by atoms with Crippen LogP contribution in [0.25, 0.3) is 11.3 Å². The van der Waals surface area contributed by atoms with Gasteiger partial charge in [-0.2, -0.15) is 0 Å². The van der Waals surface area contributed by atoms with E-state index < -0.39 is 15.7 Å². The Morgan fingerprint density at radius 1 is 1.07 bits per heavy atom. The summed E-state index contributed by atoms with van der Waals surface area (Å²) in [7, 11) is -3.53. The molecule has 0 aliphatic rings. The molecule has 2 N–H and O–H groups in total. The molecule has 0 aliphatic heterocycles. The summed E-state index contributed by atoms with van der Waals surface area (Å²) in [4.78, 5) is 28.2. The van der Waals surface area contributed by atoms with Crippen molar-refractivity contribution in [3.63, 3.8) is 0 Å². The van der Waals surface area contributed by atoms with Crippen LogP contribution in [0, 0.1) is 0 Å². The molecule has 2 amide bonds. The number of carbonyl (C=O) groups is 2. The number of nitrogens with zero attached hydrogens (tertiary/aromatic N) is 1. The number of sulfone groups is 1. The van der Waals surface area contributed by atoms with E-state index in [1.54, 1.807) is 12.1 Å². The first-order chi connectivity index (χ1) is 14.1. The third-order valence-electron chi connectivity index (χ3n) is 4.38. The third-order valence-corrected chi connectivity index (χ3v) is 6.29. The summed E-state index contributed by atoms with van der Waals surface area (Å²) in [6.45, 7) is 3.38. The molecule has 156 valence electrons. The maximum atomic E-state index is 12.6. The quantitative estimate of drug-likeness (QED) is 0.605. The van der Waals surface area contributed by atoms with Gasteiger partial charge in [-0.05, 0) is 24.6 Å². The molecule has 0 saturated heterocycles. The fourth-order valence-electron chi connectivity index (χ4n) is 2.94. The molecule has 2 aromatic carbocycles. The Labute approximate surface area is 179 Å². The van der Waals surface area contributed by atoms with Crippen LogP contribution < -0.4 is 10.6 Å². The maximum Gasteiger partial charge on any atom is 0.258 e. The topological polar surface area (TPSA) is 105 Å². The molecular weight excluding hydrogens is 422 g/mol. The summed E-state index contributed by atoms with van der Waals surface area (Å²) in [6, 6.07) is 13.6. The Morgan fingerprint density at radius 2 is 1.73 bits per heavy atom. The van der Waals surface area contributed by atoms with E-state index >= 15 is 0 Å². The van der Waals surface area contributed by atoms with Crippen LogP contribution in [-0.2, 0) is 14.6 Å². The number of anilines is 1. The molecule has 0 bridgehead atoms. The highest BCUT2D eigenvalue weighted by Gasteiger charge is 2.19. The molecule has 0 saturated carbocycles. The lowest BCUT2D eigenvalue weighted by atomic mass is 10.1. The van der Waals surface area contributed by atoms with Crippen molar-refractivity contribution in [1.29, 1.82) is 0 Å². The van der Waals surface area contributed by atoms with Gasteiger partial charge >= 0.3 is 0 Å². The van der Waals surface area contributed by atoms with Gasteiger partial charge in [0.1, 0.15) is 0 Å². The molecule has 3 rings (SSSR count). The van der Waals surface area contributed by atoms with Gasteiger partial charge in [-0.25, -0.2) is 13.4 Å². The van der Waals surface area contributed by atoms with Crippen LogP contribution in [0.15, 0.2) is 58.8 Å². The van der Waals surface area contributed by atoms with Crippen LogP contribution in [0.2, 0.25) is 0 Å². The van der Waals surface area contributed by atoms with E-state index in [1.165, 1.54) is 30.4 Å². The van der Waals surface area contributed by atoms with Crippen molar-refractivity contribution in [3.05, 3.63) is 65.0 Å². The Kier molecular flexibility index (Phi) is 6.33. The number of benzene rings is 2. The predicted molar refractivity (Wildman–Crippen MR) is 117 cm³/mol. The summed E-state index contributed by atoms with van der Waals surface area (Å²) < 4.78 is 23.8. The highest BCUT2D eigenvalue weighted by atomic mass is 32.2. The molecule has 7 nitrogen and oxygen atoms in total. The van der Waals surface area contributed by atoms with Gasteiger partial charge in [0.15, 0.2) is 15.0 Å². The van der Waals surface area contributed by atoms with Crippen molar-refractivity contribution in [2.24, 2.45) is 0 Å². The molecule has 1 heterocycles. The second-order valence-corrected chi connectivity index (χ2v) is 9.65. The molecule has 0 fully saturated rings. The van der Waals surface area contributed by atoms with Gasteiger partial charge in [0.25, 0.3) is 5.91 Å². The lowest BCUT2D eigenvalue weighted by molar-refractivity contribution is -0.119. The highest BCUT2D eigenvalue weighted by Crippen LogP contribution is 2.27. The van der Waals surface area contributed by atoms with Gasteiger partial charge in [0, 0.05) is 24.1 Å². The first-order valence-corrected chi connectivity index (χ1v) is 11.9. The number of rotatable bonds is 6. The van der Waals surface area contributed by atoms with Gasteiger partial charge in [-0.15, -0.1) is 11.3 Å². The molecule has 1 unspecified atom stereocenters. The lowest BCUT2D eigenvalue weighted by Crippen LogP contribution is -2.23. The smallest absolute Gasteiger partial charge is 0.258 e. The van der Waals surface area contributed by atoms with Gasteiger partial charge < -0.3 is 5.32 Å². The molecular formula is C21H21N3O4S2. The van der Waals surface area contributed by atoms with E-state index in [9.17, 15) is 18.0 Å². The average molecular weight is 444 g/mol. The number of amides is 2. The molecule has 3 aromatic rings. The van der Waals surface area contributed by atoms with Crippen LogP contribution >= 0.6 is 11.3 Å². The van der Waals surface area contributed by atoms with E-state index in [4.69, 9.17) is 0 Å². The number of thiazole rings is 1. The summed E-state index contributed by atoms with van der Waals surface area (Å²) >= 11 is 1.25. The first-order valence-electron chi connectivity index (χ1n) is 9.08. The van der Waals surface area contributed by atoms with Crippen molar-refractivity contribution < 1.29 is 18.0 Å². The standard InChI is InChI=1S/C21H21N3O4S2/c1-13(22-14(2)25)15-8-10-16(11-9-15)18-12-29-21(23-18)24-20(26)17-6-4-5-7-19(17)30(3,27)28/h4-13H,1-3H3,(H,22,25)(H,23,24,26). The van der Waals surface area contributed by atoms with E-state index in [0.717, 1.165) is 17.4 Å². The zero-order chi connectivity index (χ0) is 21.9. The second kappa shape index (κ2) is 8.76. The van der Waals surface area contributed by atoms with Crippen LogP contribution in [0.5, 0.6) is 0 Å².